The molecule has 24 heavy (non-hydrogen) atoms. The summed E-state index contributed by atoms with van der Waals surface area (Å²) in [5.74, 6) is -0.113. The lowest BCUT2D eigenvalue weighted by atomic mass is 10.0. The van der Waals surface area contributed by atoms with Gasteiger partial charge in [-0.05, 0) is 30.5 Å². The van der Waals surface area contributed by atoms with E-state index in [0.717, 1.165) is 23.4 Å². The van der Waals surface area contributed by atoms with Gasteiger partial charge in [-0.15, -0.1) is 0 Å². The fraction of sp³-hybridized carbons (Fsp3) is 0.632. The van der Waals surface area contributed by atoms with Crippen molar-refractivity contribution in [2.45, 2.75) is 70.4 Å². The van der Waals surface area contributed by atoms with Crippen LogP contribution in [0.15, 0.2) is 18.2 Å². The SMILES string of the molecule is CCCCCCCCc1ccc(O[C@@H]2CN[C@H](C(=O)O)C2)cc1Cl. The largest absolute Gasteiger partial charge is 0.489 e. The summed E-state index contributed by atoms with van der Waals surface area (Å²) in [4.78, 5) is 10.9. The molecule has 2 rings (SSSR count). The molecular weight excluding hydrogens is 326 g/mol. The van der Waals surface area contributed by atoms with Crippen LogP contribution in [0, 0.1) is 0 Å². The van der Waals surface area contributed by atoms with Crippen LogP contribution >= 0.6 is 11.6 Å². The van der Waals surface area contributed by atoms with Gasteiger partial charge in [0.1, 0.15) is 17.9 Å². The van der Waals surface area contributed by atoms with Crippen molar-refractivity contribution in [3.63, 3.8) is 0 Å². The van der Waals surface area contributed by atoms with Crippen LogP contribution in [0.4, 0.5) is 0 Å². The topological polar surface area (TPSA) is 58.6 Å². The number of carbonyl (C=O) groups is 1. The van der Waals surface area contributed by atoms with Crippen molar-refractivity contribution in [2.24, 2.45) is 0 Å². The molecule has 2 N–H and O–H groups in total. The first-order valence-corrected chi connectivity index (χ1v) is 9.39. The number of hydrogen-bond donors (Lipinski definition) is 2. The summed E-state index contributed by atoms with van der Waals surface area (Å²) in [6.45, 7) is 2.78. The summed E-state index contributed by atoms with van der Waals surface area (Å²) in [5, 5.41) is 12.7. The van der Waals surface area contributed by atoms with Crippen molar-refractivity contribution in [1.29, 1.82) is 0 Å². The van der Waals surface area contributed by atoms with E-state index in [4.69, 9.17) is 21.4 Å². The number of aryl methyl sites for hydroxylation is 1. The fourth-order valence-corrected chi connectivity index (χ4v) is 3.34. The van der Waals surface area contributed by atoms with E-state index in [-0.39, 0.29) is 6.10 Å². The maximum atomic E-state index is 10.9. The third-order valence-corrected chi connectivity index (χ3v) is 4.87. The zero-order valence-electron chi connectivity index (χ0n) is 14.4. The van der Waals surface area contributed by atoms with Gasteiger partial charge in [-0.25, -0.2) is 0 Å². The van der Waals surface area contributed by atoms with Gasteiger partial charge in [0.25, 0.3) is 0 Å². The van der Waals surface area contributed by atoms with E-state index < -0.39 is 12.0 Å². The summed E-state index contributed by atoms with van der Waals surface area (Å²) < 4.78 is 5.85. The highest BCUT2D eigenvalue weighted by atomic mass is 35.5. The van der Waals surface area contributed by atoms with E-state index in [2.05, 4.69) is 12.2 Å². The molecule has 1 aromatic rings. The van der Waals surface area contributed by atoms with Crippen molar-refractivity contribution < 1.29 is 14.6 Å². The van der Waals surface area contributed by atoms with Gasteiger partial charge in [0, 0.05) is 18.0 Å². The Bertz CT molecular complexity index is 535. The molecule has 5 heteroatoms. The highest BCUT2D eigenvalue weighted by Crippen LogP contribution is 2.26. The molecule has 1 aliphatic heterocycles. The second-order valence-corrected chi connectivity index (χ2v) is 6.95. The number of hydrogen-bond acceptors (Lipinski definition) is 3. The molecule has 1 saturated heterocycles. The minimum absolute atomic E-state index is 0.119. The van der Waals surface area contributed by atoms with Crippen LogP contribution in [0.1, 0.15) is 57.4 Å². The van der Waals surface area contributed by atoms with Gasteiger partial charge in [0.15, 0.2) is 0 Å². The molecular formula is C19H28ClNO3. The molecule has 0 radical (unpaired) electrons. The number of halogens is 1. The van der Waals surface area contributed by atoms with Crippen LogP contribution in [-0.2, 0) is 11.2 Å². The number of nitrogens with one attached hydrogen (secondary N) is 1. The smallest absolute Gasteiger partial charge is 0.320 e. The highest BCUT2D eigenvalue weighted by molar-refractivity contribution is 6.31. The number of aliphatic carboxylic acids is 1. The van der Waals surface area contributed by atoms with Gasteiger partial charge in [-0.3, -0.25) is 4.79 Å². The molecule has 4 nitrogen and oxygen atoms in total. The molecule has 2 atom stereocenters. The zero-order valence-corrected chi connectivity index (χ0v) is 15.1. The molecule has 0 amide bonds. The first-order valence-electron chi connectivity index (χ1n) is 9.01. The summed E-state index contributed by atoms with van der Waals surface area (Å²) >= 11 is 6.37. The van der Waals surface area contributed by atoms with Gasteiger partial charge in [-0.2, -0.15) is 0 Å². The van der Waals surface area contributed by atoms with Gasteiger partial charge in [-0.1, -0.05) is 56.7 Å². The summed E-state index contributed by atoms with van der Waals surface area (Å²) in [6, 6.07) is 5.30. The molecule has 1 aliphatic rings. The van der Waals surface area contributed by atoms with Crippen LogP contribution in [-0.4, -0.2) is 29.8 Å². The first-order chi connectivity index (χ1) is 11.6. The highest BCUT2D eigenvalue weighted by Gasteiger charge is 2.30. The van der Waals surface area contributed by atoms with Gasteiger partial charge in [0.05, 0.1) is 0 Å². The summed E-state index contributed by atoms with van der Waals surface area (Å²) in [7, 11) is 0. The quantitative estimate of drug-likeness (QED) is 0.610. The lowest BCUT2D eigenvalue weighted by molar-refractivity contribution is -0.139. The van der Waals surface area contributed by atoms with E-state index in [9.17, 15) is 4.79 Å². The zero-order chi connectivity index (χ0) is 17.4. The van der Waals surface area contributed by atoms with Crippen LogP contribution < -0.4 is 10.1 Å². The lowest BCUT2D eigenvalue weighted by Gasteiger charge is -2.14. The first kappa shape index (κ1) is 19.1. The number of benzene rings is 1. The number of carboxylic acid groups (broad SMARTS) is 1. The lowest BCUT2D eigenvalue weighted by Crippen LogP contribution is -2.30. The van der Waals surface area contributed by atoms with E-state index in [1.54, 1.807) is 0 Å². The maximum Gasteiger partial charge on any atom is 0.320 e. The Hall–Kier alpha value is -1.26. The molecule has 0 saturated carbocycles. The summed E-state index contributed by atoms with van der Waals surface area (Å²) in [5.41, 5.74) is 1.16. The van der Waals surface area contributed by atoms with Crippen molar-refractivity contribution >= 4 is 17.6 Å². The predicted octanol–water partition coefficient (Wildman–Crippen LogP) is 4.44. The van der Waals surface area contributed by atoms with Crippen LogP contribution in [0.25, 0.3) is 0 Å². The van der Waals surface area contributed by atoms with Crippen LogP contribution in [0.2, 0.25) is 5.02 Å². The second-order valence-electron chi connectivity index (χ2n) is 6.55. The van der Waals surface area contributed by atoms with Crippen LogP contribution in [0.3, 0.4) is 0 Å². The van der Waals surface area contributed by atoms with Crippen molar-refractivity contribution in [1.82, 2.24) is 5.32 Å². The standard InChI is InChI=1S/C19H28ClNO3/c1-2-3-4-5-6-7-8-14-9-10-15(11-17(14)20)24-16-12-18(19(22)23)21-13-16/h9-11,16,18,21H,2-8,12-13H2,1H3,(H,22,23)/t16-,18-/m0/s1. The Morgan fingerprint density at radius 3 is 2.71 bits per heavy atom. The average Bonchev–Trinajstić information content (AvgIpc) is 3.01. The fourth-order valence-electron chi connectivity index (χ4n) is 3.07. The van der Waals surface area contributed by atoms with E-state index >= 15 is 0 Å². The van der Waals surface area contributed by atoms with E-state index in [1.807, 2.05) is 18.2 Å². The van der Waals surface area contributed by atoms with Crippen molar-refractivity contribution in [3.8, 4) is 5.75 Å². The Labute approximate surface area is 149 Å². The number of carboxylic acids is 1. The van der Waals surface area contributed by atoms with E-state index in [1.165, 1.54) is 32.1 Å². The molecule has 0 aliphatic carbocycles. The van der Waals surface area contributed by atoms with Gasteiger partial charge < -0.3 is 15.2 Å². The van der Waals surface area contributed by atoms with Crippen LogP contribution in [0.5, 0.6) is 5.75 Å². The molecule has 1 fully saturated rings. The Morgan fingerprint density at radius 2 is 2.04 bits per heavy atom. The van der Waals surface area contributed by atoms with E-state index in [0.29, 0.717) is 18.7 Å². The molecule has 1 aromatic carbocycles. The molecule has 0 bridgehead atoms. The summed E-state index contributed by atoms with van der Waals surface area (Å²) in [6.07, 6.45) is 8.99. The Morgan fingerprint density at radius 1 is 1.29 bits per heavy atom. The minimum atomic E-state index is -0.826. The molecule has 0 unspecified atom stereocenters. The van der Waals surface area contributed by atoms with Gasteiger partial charge >= 0.3 is 5.97 Å². The third kappa shape index (κ3) is 5.99. The maximum absolute atomic E-state index is 10.9. The third-order valence-electron chi connectivity index (χ3n) is 4.52. The van der Waals surface area contributed by atoms with Gasteiger partial charge in [0.2, 0.25) is 0 Å². The molecule has 0 spiro atoms. The predicted molar refractivity (Wildman–Crippen MR) is 97.0 cm³/mol. The number of rotatable bonds is 10. The molecule has 134 valence electrons. The normalized spacial score (nSPS) is 20.2. The number of ether oxygens (including phenoxy) is 1. The second kappa shape index (κ2) is 9.90. The Balaban J connectivity index is 1.76. The average molecular weight is 354 g/mol. The minimum Gasteiger partial charge on any atom is -0.489 e. The molecule has 0 aromatic heterocycles. The monoisotopic (exact) mass is 353 g/mol. The molecule has 1 heterocycles. The number of unbranched alkanes of at least 4 members (excludes halogenated alkanes) is 5. The Kier molecular flexibility index (Phi) is 7.86. The van der Waals surface area contributed by atoms with Crippen molar-refractivity contribution in [2.75, 3.05) is 6.54 Å². The van der Waals surface area contributed by atoms with Crippen molar-refractivity contribution in [3.05, 3.63) is 28.8 Å².